The van der Waals surface area contributed by atoms with Crippen LogP contribution >= 0.6 is 11.3 Å². The van der Waals surface area contributed by atoms with Crippen LogP contribution < -0.4 is 10.1 Å². The number of benzene rings is 1. The summed E-state index contributed by atoms with van der Waals surface area (Å²) in [5.74, 6) is 0.923. The minimum absolute atomic E-state index is 0.885. The van der Waals surface area contributed by atoms with Crippen molar-refractivity contribution < 1.29 is 4.74 Å². The third-order valence-electron chi connectivity index (χ3n) is 3.09. The zero-order valence-electron chi connectivity index (χ0n) is 11.9. The van der Waals surface area contributed by atoms with Gasteiger partial charge in [-0.05, 0) is 44.2 Å². The van der Waals surface area contributed by atoms with Crippen molar-refractivity contribution in [2.45, 2.75) is 26.8 Å². The van der Waals surface area contributed by atoms with Gasteiger partial charge < -0.3 is 10.1 Å². The van der Waals surface area contributed by atoms with Gasteiger partial charge in [0.1, 0.15) is 10.8 Å². The molecule has 2 rings (SSSR count). The van der Waals surface area contributed by atoms with Gasteiger partial charge in [-0.25, -0.2) is 4.98 Å². The first-order valence-electron chi connectivity index (χ1n) is 6.47. The number of ether oxygens (including phenoxy) is 1. The second-order valence-electron chi connectivity index (χ2n) is 4.46. The lowest BCUT2D eigenvalue weighted by Gasteiger charge is -2.05. The van der Waals surface area contributed by atoms with E-state index in [9.17, 15) is 0 Å². The fourth-order valence-electron chi connectivity index (χ4n) is 2.09. The SMILES string of the molecule is CCc1nc(-c2ccc(OC)c(C)c2)sc1CNC. The number of hydrogen-bond acceptors (Lipinski definition) is 4. The largest absolute Gasteiger partial charge is 0.496 e. The Morgan fingerprint density at radius 2 is 2.16 bits per heavy atom. The van der Waals surface area contributed by atoms with Crippen LogP contribution in [0.25, 0.3) is 10.6 Å². The highest BCUT2D eigenvalue weighted by atomic mass is 32.1. The van der Waals surface area contributed by atoms with Gasteiger partial charge in [0.15, 0.2) is 0 Å². The molecule has 3 nitrogen and oxygen atoms in total. The Morgan fingerprint density at radius 1 is 1.37 bits per heavy atom. The van der Waals surface area contributed by atoms with Gasteiger partial charge in [0, 0.05) is 17.0 Å². The van der Waals surface area contributed by atoms with Crippen LogP contribution in [0.1, 0.15) is 23.1 Å². The van der Waals surface area contributed by atoms with Crippen molar-refractivity contribution >= 4 is 11.3 Å². The second-order valence-corrected chi connectivity index (χ2v) is 5.54. The molecule has 0 aliphatic rings. The molecule has 19 heavy (non-hydrogen) atoms. The molecule has 4 heteroatoms. The highest BCUT2D eigenvalue weighted by Gasteiger charge is 2.11. The van der Waals surface area contributed by atoms with E-state index in [2.05, 4.69) is 31.3 Å². The van der Waals surface area contributed by atoms with Crippen LogP contribution in [0.3, 0.4) is 0 Å². The summed E-state index contributed by atoms with van der Waals surface area (Å²) in [6.45, 7) is 5.10. The lowest BCUT2D eigenvalue weighted by Crippen LogP contribution is -2.05. The van der Waals surface area contributed by atoms with Gasteiger partial charge in [0.2, 0.25) is 0 Å². The van der Waals surface area contributed by atoms with E-state index in [-0.39, 0.29) is 0 Å². The maximum absolute atomic E-state index is 5.30. The van der Waals surface area contributed by atoms with Crippen molar-refractivity contribution in [3.8, 4) is 16.3 Å². The van der Waals surface area contributed by atoms with Gasteiger partial charge in [-0.2, -0.15) is 0 Å². The third kappa shape index (κ3) is 2.96. The standard InChI is InChI=1S/C15H20N2OS/c1-5-12-14(9-16-3)19-15(17-12)11-6-7-13(18-4)10(2)8-11/h6-8,16H,5,9H2,1-4H3. The maximum Gasteiger partial charge on any atom is 0.123 e. The lowest BCUT2D eigenvalue weighted by molar-refractivity contribution is 0.412. The molecule has 0 saturated carbocycles. The van der Waals surface area contributed by atoms with E-state index in [0.29, 0.717) is 0 Å². The number of aryl methyl sites for hydroxylation is 2. The minimum Gasteiger partial charge on any atom is -0.496 e. The van der Waals surface area contributed by atoms with Gasteiger partial charge in [-0.15, -0.1) is 11.3 Å². The predicted molar refractivity (Wildman–Crippen MR) is 81.0 cm³/mol. The molecule has 0 spiro atoms. The molecule has 0 saturated heterocycles. The van der Waals surface area contributed by atoms with Gasteiger partial charge >= 0.3 is 0 Å². The molecule has 102 valence electrons. The molecule has 0 fully saturated rings. The van der Waals surface area contributed by atoms with E-state index >= 15 is 0 Å². The monoisotopic (exact) mass is 276 g/mol. The molecular formula is C15H20N2OS. The summed E-state index contributed by atoms with van der Waals surface area (Å²) < 4.78 is 5.30. The molecule has 0 atom stereocenters. The van der Waals surface area contributed by atoms with Crippen LogP contribution in [0.15, 0.2) is 18.2 Å². The van der Waals surface area contributed by atoms with Gasteiger partial charge in [0.05, 0.1) is 12.8 Å². The number of nitrogens with zero attached hydrogens (tertiary/aromatic N) is 1. The molecule has 0 aliphatic carbocycles. The molecule has 1 aromatic carbocycles. The summed E-state index contributed by atoms with van der Waals surface area (Å²) in [5.41, 5.74) is 3.51. The number of hydrogen-bond donors (Lipinski definition) is 1. The van der Waals surface area contributed by atoms with Gasteiger partial charge in [-0.1, -0.05) is 6.92 Å². The molecule has 0 amide bonds. The Kier molecular flexibility index (Phi) is 4.56. The van der Waals surface area contributed by atoms with Crippen molar-refractivity contribution in [2.24, 2.45) is 0 Å². The van der Waals surface area contributed by atoms with E-state index in [4.69, 9.17) is 9.72 Å². The number of nitrogens with one attached hydrogen (secondary N) is 1. The van der Waals surface area contributed by atoms with Crippen molar-refractivity contribution in [2.75, 3.05) is 14.2 Å². The van der Waals surface area contributed by atoms with Crippen LogP contribution in [-0.2, 0) is 13.0 Å². The van der Waals surface area contributed by atoms with Crippen LogP contribution in [-0.4, -0.2) is 19.1 Å². The van der Waals surface area contributed by atoms with E-state index in [1.165, 1.54) is 16.1 Å². The summed E-state index contributed by atoms with van der Waals surface area (Å²) in [4.78, 5) is 6.08. The highest BCUT2D eigenvalue weighted by molar-refractivity contribution is 7.15. The van der Waals surface area contributed by atoms with E-state index in [1.807, 2.05) is 13.1 Å². The molecule has 0 bridgehead atoms. The van der Waals surface area contributed by atoms with Gasteiger partial charge in [0.25, 0.3) is 0 Å². The zero-order valence-corrected chi connectivity index (χ0v) is 12.7. The Bertz CT molecular complexity index is 563. The first-order chi connectivity index (χ1) is 9.19. The second kappa shape index (κ2) is 6.17. The predicted octanol–water partition coefficient (Wildman–Crippen LogP) is 3.41. The normalized spacial score (nSPS) is 10.7. The fraction of sp³-hybridized carbons (Fsp3) is 0.400. The quantitative estimate of drug-likeness (QED) is 0.908. The Hall–Kier alpha value is -1.39. The van der Waals surface area contributed by atoms with Crippen molar-refractivity contribution in [1.82, 2.24) is 10.3 Å². The number of aromatic nitrogens is 1. The molecule has 1 heterocycles. The first kappa shape index (κ1) is 14.0. The average molecular weight is 276 g/mol. The minimum atomic E-state index is 0.885. The summed E-state index contributed by atoms with van der Waals surface area (Å²) in [5, 5.41) is 4.29. The highest BCUT2D eigenvalue weighted by Crippen LogP contribution is 2.31. The van der Waals surface area contributed by atoms with E-state index in [1.54, 1.807) is 18.4 Å². The topological polar surface area (TPSA) is 34.1 Å². The molecular weight excluding hydrogens is 256 g/mol. The van der Waals surface area contributed by atoms with E-state index in [0.717, 1.165) is 29.3 Å². The zero-order chi connectivity index (χ0) is 13.8. The van der Waals surface area contributed by atoms with Crippen molar-refractivity contribution in [1.29, 1.82) is 0 Å². The Balaban J connectivity index is 2.38. The summed E-state index contributed by atoms with van der Waals surface area (Å²) in [7, 11) is 3.67. The summed E-state index contributed by atoms with van der Waals surface area (Å²) in [6, 6.07) is 6.23. The number of rotatable bonds is 5. The molecule has 0 unspecified atom stereocenters. The first-order valence-corrected chi connectivity index (χ1v) is 7.29. The number of thiazole rings is 1. The Labute approximate surface area is 118 Å². The van der Waals surface area contributed by atoms with Crippen LogP contribution in [0.5, 0.6) is 5.75 Å². The smallest absolute Gasteiger partial charge is 0.123 e. The average Bonchev–Trinajstić information content (AvgIpc) is 2.82. The van der Waals surface area contributed by atoms with Crippen LogP contribution in [0.2, 0.25) is 0 Å². The van der Waals surface area contributed by atoms with Crippen molar-refractivity contribution in [3.63, 3.8) is 0 Å². The molecule has 0 radical (unpaired) electrons. The molecule has 1 N–H and O–H groups in total. The van der Waals surface area contributed by atoms with E-state index < -0.39 is 0 Å². The fourth-order valence-corrected chi connectivity index (χ4v) is 3.25. The molecule has 0 aliphatic heterocycles. The summed E-state index contributed by atoms with van der Waals surface area (Å²) >= 11 is 1.77. The van der Waals surface area contributed by atoms with Crippen LogP contribution in [0, 0.1) is 6.92 Å². The Morgan fingerprint density at radius 3 is 2.74 bits per heavy atom. The number of methoxy groups -OCH3 is 1. The molecule has 2 aromatic rings. The van der Waals surface area contributed by atoms with Crippen LogP contribution in [0.4, 0.5) is 0 Å². The van der Waals surface area contributed by atoms with Crippen molar-refractivity contribution in [3.05, 3.63) is 34.3 Å². The van der Waals surface area contributed by atoms with Gasteiger partial charge in [-0.3, -0.25) is 0 Å². The summed E-state index contributed by atoms with van der Waals surface area (Å²) in [6.07, 6.45) is 0.975. The molecule has 1 aromatic heterocycles. The lowest BCUT2D eigenvalue weighted by atomic mass is 10.1. The third-order valence-corrected chi connectivity index (χ3v) is 4.24. The maximum atomic E-state index is 5.30.